The molecule has 2 heterocycles. The average molecular weight is 1110 g/mol. The fourth-order valence-corrected chi connectivity index (χ4v) is 17.7. The van der Waals surface area contributed by atoms with Crippen molar-refractivity contribution in [3.63, 3.8) is 0 Å². The van der Waals surface area contributed by atoms with Gasteiger partial charge in [0.2, 0.25) is 0 Å². The maximum absolute atomic E-state index is 4.72. The molecule has 2 heteroatoms. The van der Waals surface area contributed by atoms with Crippen LogP contribution in [0, 0.1) is 0 Å². The van der Waals surface area contributed by atoms with Crippen molar-refractivity contribution in [3.8, 4) is 61.3 Å². The summed E-state index contributed by atoms with van der Waals surface area (Å²) in [7, 11) is 0. The van der Waals surface area contributed by atoms with E-state index in [1.807, 2.05) is 0 Å². The van der Waals surface area contributed by atoms with Gasteiger partial charge in [0.25, 0.3) is 0 Å². The fourth-order valence-electron chi connectivity index (χ4n) is 17.7. The predicted octanol–water partition coefficient (Wildman–Crippen LogP) is 21.9. The lowest BCUT2D eigenvalue weighted by Gasteiger charge is -2.32. The van der Waals surface area contributed by atoms with E-state index in [0.717, 1.165) is 12.1 Å². The van der Waals surface area contributed by atoms with Crippen LogP contribution in [0.5, 0.6) is 0 Å². The maximum Gasteiger partial charge on any atom is 0.0544 e. The van der Waals surface area contributed by atoms with Gasteiger partial charge in [0.15, 0.2) is 0 Å². The zero-order valence-corrected chi connectivity index (χ0v) is 50.9. The summed E-state index contributed by atoms with van der Waals surface area (Å²) >= 11 is 0. The minimum absolute atomic E-state index is 0.116. The standard InChI is InChI=1S/C84H68N2/c1-47-25-13-12-24-36-85(75-43-69-56(37-55(47)75)48-26-18-21-33-63(48)80(69,2)3)74-45-71-78(53-31-16-14-28-50(53)74)61-41-65-58(39-67(61)83(71,8)9)59-40-68-62(42-66(59)82(65,6)7)79-54-32-17-15-29-51(54)76(46-72(79)84(68,10)11)86-73-35-23-20-30-52(73)60-38-57-49-27-19-22-34-64(49)81(4,5)70(57)44-77(60)86/h12-35,37-46H,1,36H2,2-11H3/b24-12-,25-13-. The molecule has 6 aliphatic rings. The Bertz CT molecular complexity index is 5250. The minimum Gasteiger partial charge on any atom is -0.337 e. The van der Waals surface area contributed by atoms with Gasteiger partial charge in [-0.15, -0.1) is 0 Å². The van der Waals surface area contributed by atoms with E-state index in [1.165, 1.54) is 177 Å². The Labute approximate surface area is 505 Å². The summed E-state index contributed by atoms with van der Waals surface area (Å²) in [5.41, 5.74) is 34.9. The van der Waals surface area contributed by atoms with E-state index in [-0.39, 0.29) is 27.1 Å². The zero-order valence-electron chi connectivity index (χ0n) is 50.9. The Morgan fingerprint density at radius 2 is 0.721 bits per heavy atom. The topological polar surface area (TPSA) is 8.17 Å². The maximum atomic E-state index is 4.72. The number of nitrogens with zero attached hydrogens (tertiary/aromatic N) is 2. The zero-order chi connectivity index (χ0) is 58.5. The van der Waals surface area contributed by atoms with Gasteiger partial charge < -0.3 is 9.47 Å². The lowest BCUT2D eigenvalue weighted by molar-refractivity contribution is 0.649. The smallest absolute Gasteiger partial charge is 0.0544 e. The number of para-hydroxylation sites is 1. The molecule has 2 nitrogen and oxygen atoms in total. The molecule has 0 spiro atoms. The monoisotopic (exact) mass is 1100 g/mol. The van der Waals surface area contributed by atoms with Crippen molar-refractivity contribution in [2.75, 3.05) is 11.4 Å². The number of rotatable bonds is 2. The summed E-state index contributed by atoms with van der Waals surface area (Å²) in [5.74, 6) is 0. The highest BCUT2D eigenvalue weighted by Crippen LogP contribution is 2.63. The molecule has 11 aromatic carbocycles. The van der Waals surface area contributed by atoms with Crippen molar-refractivity contribution >= 4 is 60.3 Å². The molecule has 0 radical (unpaired) electrons. The highest BCUT2D eigenvalue weighted by atomic mass is 15.1. The first-order valence-electron chi connectivity index (χ1n) is 31.1. The summed E-state index contributed by atoms with van der Waals surface area (Å²) in [5, 5.41) is 7.76. The Kier molecular flexibility index (Phi) is 9.55. The van der Waals surface area contributed by atoms with Crippen LogP contribution in [-0.2, 0) is 27.1 Å². The van der Waals surface area contributed by atoms with Crippen molar-refractivity contribution in [2.45, 2.75) is 96.3 Å². The lowest BCUT2D eigenvalue weighted by Crippen LogP contribution is -2.22. The number of anilines is 2. The number of aromatic nitrogens is 1. The van der Waals surface area contributed by atoms with Crippen molar-refractivity contribution < 1.29 is 0 Å². The normalized spacial score (nSPS) is 18.3. The summed E-state index contributed by atoms with van der Waals surface area (Å²) in [6.45, 7) is 29.9. The Morgan fingerprint density at radius 1 is 0.302 bits per heavy atom. The van der Waals surface area contributed by atoms with Crippen LogP contribution in [0.1, 0.15) is 130 Å². The molecular weight excluding hydrogens is 1040 g/mol. The van der Waals surface area contributed by atoms with E-state index in [0.29, 0.717) is 0 Å². The molecule has 0 saturated carbocycles. The molecule has 0 fully saturated rings. The first kappa shape index (κ1) is 50.1. The molecule has 0 bridgehead atoms. The van der Waals surface area contributed by atoms with Crippen molar-refractivity contribution in [1.29, 1.82) is 0 Å². The minimum atomic E-state index is -0.287. The van der Waals surface area contributed by atoms with Crippen molar-refractivity contribution in [3.05, 3.63) is 274 Å². The quantitative estimate of drug-likeness (QED) is 0.167. The van der Waals surface area contributed by atoms with E-state index in [2.05, 4.69) is 285 Å². The lowest BCUT2D eigenvalue weighted by atomic mass is 9.78. The van der Waals surface area contributed by atoms with Gasteiger partial charge in [-0.3, -0.25) is 0 Å². The second-order valence-electron chi connectivity index (χ2n) is 28.4. The van der Waals surface area contributed by atoms with Gasteiger partial charge in [0.05, 0.1) is 16.7 Å². The molecule has 0 unspecified atom stereocenters. The summed E-state index contributed by atoms with van der Waals surface area (Å²) in [6, 6.07) is 71.2. The second-order valence-corrected chi connectivity index (χ2v) is 28.4. The van der Waals surface area contributed by atoms with Gasteiger partial charge >= 0.3 is 0 Å². The summed E-state index contributed by atoms with van der Waals surface area (Å²) in [4.78, 5) is 2.59. The average Bonchev–Trinajstić information content (AvgIpc) is 1.62. The molecule has 5 aliphatic carbocycles. The van der Waals surface area contributed by atoms with Crippen LogP contribution in [0.25, 0.3) is 110 Å². The highest BCUT2D eigenvalue weighted by molar-refractivity contribution is 6.15. The van der Waals surface area contributed by atoms with Gasteiger partial charge in [-0.2, -0.15) is 0 Å². The third kappa shape index (κ3) is 6.12. The van der Waals surface area contributed by atoms with Crippen LogP contribution in [-0.4, -0.2) is 11.1 Å². The number of fused-ring (bicyclic) bond motifs is 23. The Balaban J connectivity index is 0.791. The Morgan fingerprint density at radius 3 is 1.33 bits per heavy atom. The van der Waals surface area contributed by atoms with E-state index in [9.17, 15) is 0 Å². The van der Waals surface area contributed by atoms with Gasteiger partial charge in [-0.25, -0.2) is 0 Å². The third-order valence-electron chi connectivity index (χ3n) is 22.3. The van der Waals surface area contributed by atoms with Crippen LogP contribution in [0.15, 0.2) is 213 Å². The second kappa shape index (κ2) is 16.4. The molecule has 0 N–H and O–H groups in total. The summed E-state index contributed by atoms with van der Waals surface area (Å²) < 4.78 is 2.60. The van der Waals surface area contributed by atoms with Crippen LogP contribution >= 0.6 is 0 Å². The van der Waals surface area contributed by atoms with Gasteiger partial charge in [-0.05, 0) is 194 Å². The molecule has 18 rings (SSSR count). The van der Waals surface area contributed by atoms with E-state index >= 15 is 0 Å². The molecule has 1 aromatic heterocycles. The van der Waals surface area contributed by atoms with Crippen LogP contribution in [0.3, 0.4) is 0 Å². The van der Waals surface area contributed by atoms with E-state index in [1.54, 1.807) is 0 Å². The molecule has 0 amide bonds. The summed E-state index contributed by atoms with van der Waals surface area (Å²) in [6.07, 6.45) is 8.84. The van der Waals surface area contributed by atoms with Gasteiger partial charge in [0.1, 0.15) is 0 Å². The van der Waals surface area contributed by atoms with Crippen LogP contribution < -0.4 is 4.90 Å². The molecule has 414 valence electrons. The molecule has 0 atom stereocenters. The van der Waals surface area contributed by atoms with E-state index < -0.39 is 0 Å². The predicted molar refractivity (Wildman–Crippen MR) is 364 cm³/mol. The number of hydrogen-bond donors (Lipinski definition) is 0. The SMILES string of the molecule is C=C1/C=C\C=C/CN(c2cc3c(c4ccccc24)-c2cc4c(cc2C3(C)C)-c2cc3c(cc2C4(C)C)-c2c(cc(-n4c5ccccc5c5cc6c(cc54)C(C)(C)c4ccccc4-6)c4ccccc24)C3(C)C)c2cc3c(cc21)-c1ccccc1C3(C)C. The van der Waals surface area contributed by atoms with E-state index in [4.69, 9.17) is 6.58 Å². The molecular formula is C84H68N2. The molecule has 1 aliphatic heterocycles. The molecule has 0 saturated heterocycles. The first-order chi connectivity index (χ1) is 41.4. The number of allylic oxidation sites excluding steroid dienone is 4. The first-order valence-corrected chi connectivity index (χ1v) is 31.1. The van der Waals surface area contributed by atoms with Crippen LogP contribution in [0.2, 0.25) is 0 Å². The molecule has 86 heavy (non-hydrogen) atoms. The fraction of sp³-hybridized carbons (Fsp3) is 0.190. The van der Waals surface area contributed by atoms with Crippen LogP contribution in [0.4, 0.5) is 11.4 Å². The third-order valence-corrected chi connectivity index (χ3v) is 22.3. The Hall–Kier alpha value is -9.24. The van der Waals surface area contributed by atoms with Crippen molar-refractivity contribution in [1.82, 2.24) is 4.57 Å². The largest absolute Gasteiger partial charge is 0.337 e. The van der Waals surface area contributed by atoms with Crippen molar-refractivity contribution in [2.24, 2.45) is 0 Å². The highest BCUT2D eigenvalue weighted by Gasteiger charge is 2.47. The van der Waals surface area contributed by atoms with Gasteiger partial charge in [0, 0.05) is 72.1 Å². The molecule has 12 aromatic rings. The number of benzene rings is 11. The van der Waals surface area contributed by atoms with Gasteiger partial charge in [-0.1, -0.05) is 215 Å². The number of hydrogen-bond acceptors (Lipinski definition) is 1.